The summed E-state index contributed by atoms with van der Waals surface area (Å²) in [6.07, 6.45) is 4.03. The van der Waals surface area contributed by atoms with Crippen LogP contribution in [-0.2, 0) is 12.8 Å². The average Bonchev–Trinajstić information content (AvgIpc) is 2.20. The van der Waals surface area contributed by atoms with Gasteiger partial charge in [0.25, 0.3) is 5.56 Å². The highest BCUT2D eigenvalue weighted by molar-refractivity contribution is 5.35. The molecule has 0 spiro atoms. The molecule has 1 aliphatic carbocycles. The quantitative estimate of drug-likeness (QED) is 0.665. The molecule has 0 fully saturated rings. The minimum absolute atomic E-state index is 0.0669. The standard InChI is InChI=1S/C9H11NO2.C2H6/c11-8-5-6-3-1-2-4-7(6)9(12)10-8;1-2/h5H,1-4H2,(H2,10,11,12);1-2H3. The molecule has 1 aliphatic rings. The van der Waals surface area contributed by atoms with Crippen molar-refractivity contribution in [2.24, 2.45) is 0 Å². The Morgan fingerprint density at radius 1 is 1.29 bits per heavy atom. The Kier molecular flexibility index (Phi) is 3.74. The molecular weight excluding hydrogens is 178 g/mol. The molecular formula is C11H17NO2. The molecule has 0 unspecified atom stereocenters. The molecule has 0 bridgehead atoms. The first-order chi connectivity index (χ1) is 6.77. The Morgan fingerprint density at radius 2 is 1.93 bits per heavy atom. The van der Waals surface area contributed by atoms with Crippen molar-refractivity contribution < 1.29 is 5.11 Å². The third-order valence-corrected chi connectivity index (χ3v) is 2.34. The summed E-state index contributed by atoms with van der Waals surface area (Å²) in [6.45, 7) is 4.00. The van der Waals surface area contributed by atoms with Gasteiger partial charge in [-0.2, -0.15) is 0 Å². The summed E-state index contributed by atoms with van der Waals surface area (Å²) in [7, 11) is 0. The Morgan fingerprint density at radius 3 is 2.64 bits per heavy atom. The number of hydrogen-bond donors (Lipinski definition) is 2. The molecule has 0 radical (unpaired) electrons. The molecule has 0 saturated heterocycles. The van der Waals surface area contributed by atoms with E-state index in [0.717, 1.165) is 36.8 Å². The second-order valence-corrected chi connectivity index (χ2v) is 3.19. The van der Waals surface area contributed by atoms with Gasteiger partial charge in [0, 0.05) is 11.6 Å². The van der Waals surface area contributed by atoms with Crippen molar-refractivity contribution in [3.63, 3.8) is 0 Å². The van der Waals surface area contributed by atoms with Crippen molar-refractivity contribution >= 4 is 0 Å². The molecule has 0 aliphatic heterocycles. The van der Waals surface area contributed by atoms with Gasteiger partial charge >= 0.3 is 0 Å². The van der Waals surface area contributed by atoms with E-state index < -0.39 is 0 Å². The predicted molar refractivity (Wildman–Crippen MR) is 56.7 cm³/mol. The fourth-order valence-electron chi connectivity index (χ4n) is 1.74. The molecule has 1 aromatic rings. The van der Waals surface area contributed by atoms with Gasteiger partial charge in [-0.15, -0.1) is 0 Å². The molecule has 14 heavy (non-hydrogen) atoms. The smallest absolute Gasteiger partial charge is 0.250 e. The number of rotatable bonds is 0. The summed E-state index contributed by atoms with van der Waals surface area (Å²) in [6, 6.07) is 1.59. The van der Waals surface area contributed by atoms with Crippen molar-refractivity contribution in [3.8, 4) is 5.88 Å². The monoisotopic (exact) mass is 195 g/mol. The van der Waals surface area contributed by atoms with Crippen molar-refractivity contribution in [2.75, 3.05) is 0 Å². The van der Waals surface area contributed by atoms with Crippen LogP contribution < -0.4 is 5.56 Å². The summed E-state index contributed by atoms with van der Waals surface area (Å²) in [5.41, 5.74) is 1.75. The highest BCUT2D eigenvalue weighted by Crippen LogP contribution is 2.24. The molecule has 0 atom stereocenters. The highest BCUT2D eigenvalue weighted by Gasteiger charge is 2.13. The average molecular weight is 195 g/mol. The number of aromatic amines is 1. The molecule has 0 aromatic carbocycles. The number of hydrogen-bond acceptors (Lipinski definition) is 2. The SMILES string of the molecule is CC.O=c1cc2c(c(O)[nH]1)CCCC2. The number of fused-ring (bicyclic) bond motifs is 1. The topological polar surface area (TPSA) is 53.1 Å². The largest absolute Gasteiger partial charge is 0.494 e. The van der Waals surface area contributed by atoms with Gasteiger partial charge in [-0.05, 0) is 31.2 Å². The van der Waals surface area contributed by atoms with Crippen LogP contribution in [0, 0.1) is 0 Å². The summed E-state index contributed by atoms with van der Waals surface area (Å²) in [5, 5.41) is 9.38. The van der Waals surface area contributed by atoms with Gasteiger partial charge in [0.05, 0.1) is 0 Å². The van der Waals surface area contributed by atoms with E-state index in [9.17, 15) is 9.90 Å². The minimum atomic E-state index is -0.201. The third-order valence-electron chi connectivity index (χ3n) is 2.34. The molecule has 3 nitrogen and oxygen atoms in total. The minimum Gasteiger partial charge on any atom is -0.494 e. The van der Waals surface area contributed by atoms with Crippen LogP contribution in [0.4, 0.5) is 0 Å². The Balaban J connectivity index is 0.000000461. The lowest BCUT2D eigenvalue weighted by molar-refractivity contribution is 0.438. The molecule has 0 amide bonds. The number of H-pyrrole nitrogens is 1. The van der Waals surface area contributed by atoms with E-state index in [1.807, 2.05) is 13.8 Å². The van der Waals surface area contributed by atoms with Gasteiger partial charge in [-0.3, -0.25) is 9.78 Å². The fraction of sp³-hybridized carbons (Fsp3) is 0.545. The number of aromatic hydroxyl groups is 1. The van der Waals surface area contributed by atoms with Crippen molar-refractivity contribution in [2.45, 2.75) is 39.5 Å². The van der Waals surface area contributed by atoms with Crippen LogP contribution in [0.3, 0.4) is 0 Å². The summed E-state index contributed by atoms with van der Waals surface area (Å²) in [5.74, 6) is 0.0669. The lowest BCUT2D eigenvalue weighted by atomic mass is 9.93. The van der Waals surface area contributed by atoms with E-state index in [0.29, 0.717) is 0 Å². The first kappa shape index (κ1) is 10.8. The number of aromatic nitrogens is 1. The van der Waals surface area contributed by atoms with Gasteiger partial charge in [0.15, 0.2) is 5.88 Å². The summed E-state index contributed by atoms with van der Waals surface area (Å²) < 4.78 is 0. The van der Waals surface area contributed by atoms with E-state index in [2.05, 4.69) is 4.98 Å². The van der Waals surface area contributed by atoms with E-state index in [1.165, 1.54) is 0 Å². The van der Waals surface area contributed by atoms with Crippen LogP contribution in [0.25, 0.3) is 0 Å². The van der Waals surface area contributed by atoms with Gasteiger partial charge in [-0.25, -0.2) is 0 Å². The molecule has 78 valence electrons. The van der Waals surface area contributed by atoms with Crippen LogP contribution >= 0.6 is 0 Å². The molecule has 2 rings (SSSR count). The van der Waals surface area contributed by atoms with Crippen molar-refractivity contribution in [1.82, 2.24) is 4.98 Å². The highest BCUT2D eigenvalue weighted by atomic mass is 16.3. The van der Waals surface area contributed by atoms with Gasteiger partial charge in [0.2, 0.25) is 0 Å². The van der Waals surface area contributed by atoms with Crippen LogP contribution in [0.2, 0.25) is 0 Å². The zero-order valence-electron chi connectivity index (χ0n) is 8.76. The van der Waals surface area contributed by atoms with Gasteiger partial charge in [0.1, 0.15) is 0 Å². The van der Waals surface area contributed by atoms with Gasteiger partial charge in [-0.1, -0.05) is 13.8 Å². The number of nitrogens with one attached hydrogen (secondary N) is 1. The Bertz CT molecular complexity index is 355. The number of pyridine rings is 1. The van der Waals surface area contributed by atoms with E-state index in [-0.39, 0.29) is 11.4 Å². The van der Waals surface area contributed by atoms with Crippen LogP contribution in [0.1, 0.15) is 37.8 Å². The number of aryl methyl sites for hydroxylation is 1. The molecule has 1 heterocycles. The first-order valence-corrected chi connectivity index (χ1v) is 5.21. The second kappa shape index (κ2) is 4.84. The Labute approximate surface area is 83.8 Å². The molecule has 0 saturated carbocycles. The Hall–Kier alpha value is -1.25. The zero-order chi connectivity index (χ0) is 10.6. The summed E-state index contributed by atoms with van der Waals surface area (Å²) >= 11 is 0. The molecule has 3 heteroatoms. The van der Waals surface area contributed by atoms with Crippen LogP contribution in [0.5, 0.6) is 5.88 Å². The van der Waals surface area contributed by atoms with Gasteiger partial charge < -0.3 is 5.11 Å². The lowest BCUT2D eigenvalue weighted by Crippen LogP contribution is -2.12. The van der Waals surface area contributed by atoms with Crippen molar-refractivity contribution in [1.29, 1.82) is 0 Å². The van der Waals surface area contributed by atoms with E-state index in [1.54, 1.807) is 6.07 Å². The van der Waals surface area contributed by atoms with Crippen LogP contribution in [-0.4, -0.2) is 10.1 Å². The van der Waals surface area contributed by atoms with E-state index >= 15 is 0 Å². The third kappa shape index (κ3) is 2.16. The zero-order valence-corrected chi connectivity index (χ0v) is 8.76. The normalized spacial score (nSPS) is 13.9. The van der Waals surface area contributed by atoms with Crippen molar-refractivity contribution in [3.05, 3.63) is 27.5 Å². The first-order valence-electron chi connectivity index (χ1n) is 5.21. The second-order valence-electron chi connectivity index (χ2n) is 3.19. The molecule has 2 N–H and O–H groups in total. The maximum atomic E-state index is 10.9. The maximum absolute atomic E-state index is 10.9. The lowest BCUT2D eigenvalue weighted by Gasteiger charge is -2.15. The van der Waals surface area contributed by atoms with Crippen LogP contribution in [0.15, 0.2) is 10.9 Å². The summed E-state index contributed by atoms with van der Waals surface area (Å²) in [4.78, 5) is 13.3. The van der Waals surface area contributed by atoms with E-state index in [4.69, 9.17) is 0 Å². The fourth-order valence-corrected chi connectivity index (χ4v) is 1.74. The maximum Gasteiger partial charge on any atom is 0.250 e. The molecule has 1 aromatic heterocycles. The predicted octanol–water partition coefficient (Wildman–Crippen LogP) is 1.99.